The predicted molar refractivity (Wildman–Crippen MR) is 104 cm³/mol. The highest BCUT2D eigenvalue weighted by Gasteiger charge is 2.32. The Balaban J connectivity index is 1.74. The lowest BCUT2D eigenvalue weighted by molar-refractivity contribution is -0.122. The molecule has 2 aromatic carbocycles. The number of thioether (sulfide) groups is 1. The molecule has 0 aliphatic carbocycles. The van der Waals surface area contributed by atoms with Crippen LogP contribution in [0, 0.1) is 0 Å². The third-order valence-corrected chi connectivity index (χ3v) is 4.71. The molecule has 27 heavy (non-hydrogen) atoms. The largest absolute Gasteiger partial charge is 0.508 e. The van der Waals surface area contributed by atoms with E-state index in [1.54, 1.807) is 18.2 Å². The lowest BCUT2D eigenvalue weighted by atomic mass is 10.2. The van der Waals surface area contributed by atoms with Gasteiger partial charge in [-0.15, -0.1) is 5.10 Å². The maximum Gasteiger partial charge on any atom is 0.298 e. The second kappa shape index (κ2) is 7.08. The van der Waals surface area contributed by atoms with Crippen molar-refractivity contribution in [2.45, 2.75) is 0 Å². The Hall–Kier alpha value is -3.39. The zero-order chi connectivity index (χ0) is 18.8. The number of nitrogens with zero attached hydrogens (tertiary/aromatic N) is 3. The summed E-state index contributed by atoms with van der Waals surface area (Å²) in [5, 5.41) is 17.9. The molecule has 0 spiro atoms. The van der Waals surface area contributed by atoms with Crippen LogP contribution < -0.4 is 5.32 Å². The van der Waals surface area contributed by atoms with Crippen molar-refractivity contribution in [3.63, 3.8) is 0 Å². The number of carbonyl (C=O) groups is 2. The first kappa shape index (κ1) is 17.0. The number of hydrazone groups is 1. The van der Waals surface area contributed by atoms with Gasteiger partial charge < -0.3 is 10.4 Å². The van der Waals surface area contributed by atoms with Crippen molar-refractivity contribution in [2.24, 2.45) is 10.1 Å². The molecule has 8 heteroatoms. The standard InChI is InChI=1S/C19H14N4O3S/c24-14-8-6-12(7-9-14)10-15-18(26)23(22-19-21-16(25)11-27-19)17(20-15)13-4-2-1-3-5-13/h1-10,24H,11H2,(H,21,22,25)/b15-10-. The molecule has 2 aliphatic heterocycles. The van der Waals surface area contributed by atoms with E-state index in [1.165, 1.54) is 28.9 Å². The third kappa shape index (κ3) is 3.61. The Bertz CT molecular complexity index is 997. The van der Waals surface area contributed by atoms with Gasteiger partial charge in [-0.2, -0.15) is 5.01 Å². The SMILES string of the molecule is O=C1CS/C(=N/N2C(=O)/C(=C/c3ccc(O)cc3)N=C2c2ccccc2)N1. The lowest BCUT2D eigenvalue weighted by Crippen LogP contribution is -2.31. The first-order chi connectivity index (χ1) is 13.1. The van der Waals surface area contributed by atoms with E-state index in [9.17, 15) is 14.7 Å². The quantitative estimate of drug-likeness (QED) is 0.800. The maximum atomic E-state index is 12.9. The summed E-state index contributed by atoms with van der Waals surface area (Å²) in [4.78, 5) is 28.8. The first-order valence-electron chi connectivity index (χ1n) is 8.11. The van der Waals surface area contributed by atoms with Crippen LogP contribution in [-0.2, 0) is 9.59 Å². The molecule has 7 nitrogen and oxygen atoms in total. The molecule has 0 saturated carbocycles. The molecular formula is C19H14N4O3S. The minimum atomic E-state index is -0.392. The number of hydrogen-bond donors (Lipinski definition) is 2. The predicted octanol–water partition coefficient (Wildman–Crippen LogP) is 2.16. The van der Waals surface area contributed by atoms with Gasteiger partial charge in [-0.25, -0.2) is 4.99 Å². The van der Waals surface area contributed by atoms with Crippen LogP contribution in [0.2, 0.25) is 0 Å². The molecule has 2 amide bonds. The van der Waals surface area contributed by atoms with Gasteiger partial charge in [0, 0.05) is 5.56 Å². The number of amides is 2. The molecular weight excluding hydrogens is 364 g/mol. The van der Waals surface area contributed by atoms with Crippen molar-refractivity contribution >= 4 is 40.7 Å². The molecule has 0 bridgehead atoms. The summed E-state index contributed by atoms with van der Waals surface area (Å²) in [6, 6.07) is 15.7. The number of amidine groups is 2. The number of aromatic hydroxyl groups is 1. The summed E-state index contributed by atoms with van der Waals surface area (Å²) in [6.07, 6.45) is 1.63. The third-order valence-electron chi connectivity index (χ3n) is 3.84. The Kier molecular flexibility index (Phi) is 4.47. The number of aliphatic imine (C=N–C) groups is 1. The Labute approximate surface area is 159 Å². The maximum absolute atomic E-state index is 12.9. The lowest BCUT2D eigenvalue weighted by Gasteiger charge is -2.12. The van der Waals surface area contributed by atoms with E-state index in [0.29, 0.717) is 11.0 Å². The monoisotopic (exact) mass is 378 g/mol. The molecule has 134 valence electrons. The number of phenols is 1. The summed E-state index contributed by atoms with van der Waals surface area (Å²) in [5.41, 5.74) is 1.68. The van der Waals surface area contributed by atoms with Crippen molar-refractivity contribution in [1.82, 2.24) is 10.3 Å². The second-order valence-electron chi connectivity index (χ2n) is 5.78. The fraction of sp³-hybridized carbons (Fsp3) is 0.0526. The molecule has 0 atom stereocenters. The fourth-order valence-corrected chi connectivity index (χ4v) is 3.24. The summed E-state index contributed by atoms with van der Waals surface area (Å²) >= 11 is 1.24. The van der Waals surface area contributed by atoms with E-state index in [2.05, 4.69) is 15.4 Å². The second-order valence-corrected chi connectivity index (χ2v) is 6.75. The van der Waals surface area contributed by atoms with Crippen LogP contribution in [-0.4, -0.2) is 38.7 Å². The minimum absolute atomic E-state index is 0.144. The normalized spacial score (nSPS) is 19.7. The van der Waals surface area contributed by atoms with Crippen molar-refractivity contribution in [3.8, 4) is 5.75 Å². The smallest absolute Gasteiger partial charge is 0.298 e. The Morgan fingerprint density at radius 2 is 1.85 bits per heavy atom. The van der Waals surface area contributed by atoms with E-state index >= 15 is 0 Å². The van der Waals surface area contributed by atoms with Crippen molar-refractivity contribution < 1.29 is 14.7 Å². The van der Waals surface area contributed by atoms with Crippen LogP contribution in [0.25, 0.3) is 6.08 Å². The van der Waals surface area contributed by atoms with Gasteiger partial charge in [-0.05, 0) is 23.8 Å². The highest BCUT2D eigenvalue weighted by Crippen LogP contribution is 2.24. The zero-order valence-electron chi connectivity index (χ0n) is 14.0. The van der Waals surface area contributed by atoms with E-state index in [-0.39, 0.29) is 23.1 Å². The molecule has 2 N–H and O–H groups in total. The van der Waals surface area contributed by atoms with Crippen LogP contribution >= 0.6 is 11.8 Å². The van der Waals surface area contributed by atoms with Gasteiger partial charge in [0.25, 0.3) is 5.91 Å². The number of rotatable bonds is 3. The van der Waals surface area contributed by atoms with Crippen LogP contribution in [0.1, 0.15) is 11.1 Å². The average molecular weight is 378 g/mol. The van der Waals surface area contributed by atoms with Crippen molar-refractivity contribution in [3.05, 3.63) is 71.4 Å². The number of benzene rings is 2. The van der Waals surface area contributed by atoms with Crippen LogP contribution in [0.4, 0.5) is 0 Å². The number of hydrogen-bond acceptors (Lipinski definition) is 6. The van der Waals surface area contributed by atoms with E-state index in [1.807, 2.05) is 30.3 Å². The molecule has 0 unspecified atom stereocenters. The molecule has 2 aromatic rings. The average Bonchev–Trinajstić information content (AvgIpc) is 3.22. The zero-order valence-corrected chi connectivity index (χ0v) is 14.8. The van der Waals surface area contributed by atoms with Gasteiger partial charge in [0.15, 0.2) is 11.0 Å². The topological polar surface area (TPSA) is 94.4 Å². The molecule has 1 fully saturated rings. The van der Waals surface area contributed by atoms with Gasteiger partial charge >= 0.3 is 0 Å². The summed E-state index contributed by atoms with van der Waals surface area (Å²) in [6.45, 7) is 0. The van der Waals surface area contributed by atoms with Crippen molar-refractivity contribution in [1.29, 1.82) is 0 Å². The summed E-state index contributed by atoms with van der Waals surface area (Å²) in [7, 11) is 0. The van der Waals surface area contributed by atoms with Gasteiger partial charge in [0.2, 0.25) is 5.91 Å². The molecule has 2 heterocycles. The van der Waals surface area contributed by atoms with Crippen LogP contribution in [0.3, 0.4) is 0 Å². The molecule has 2 aliphatic rings. The highest BCUT2D eigenvalue weighted by molar-refractivity contribution is 8.15. The molecule has 1 saturated heterocycles. The Morgan fingerprint density at radius 3 is 2.52 bits per heavy atom. The van der Waals surface area contributed by atoms with Gasteiger partial charge in [0.05, 0.1) is 5.75 Å². The van der Waals surface area contributed by atoms with Gasteiger partial charge in [-0.3, -0.25) is 9.59 Å². The minimum Gasteiger partial charge on any atom is -0.508 e. The van der Waals surface area contributed by atoms with Crippen LogP contribution in [0.15, 0.2) is 70.4 Å². The molecule has 0 radical (unpaired) electrons. The Morgan fingerprint density at radius 1 is 1.11 bits per heavy atom. The summed E-state index contributed by atoms with van der Waals surface area (Å²) in [5.74, 6) is 0.263. The van der Waals surface area contributed by atoms with Gasteiger partial charge in [0.1, 0.15) is 11.4 Å². The number of nitrogens with one attached hydrogen (secondary N) is 1. The van der Waals surface area contributed by atoms with E-state index in [4.69, 9.17) is 0 Å². The van der Waals surface area contributed by atoms with Crippen LogP contribution in [0.5, 0.6) is 5.75 Å². The number of carbonyl (C=O) groups excluding carboxylic acids is 2. The van der Waals surface area contributed by atoms with Gasteiger partial charge in [-0.1, -0.05) is 54.2 Å². The number of phenolic OH excluding ortho intramolecular Hbond substituents is 1. The first-order valence-corrected chi connectivity index (χ1v) is 9.09. The van der Waals surface area contributed by atoms with E-state index < -0.39 is 5.91 Å². The van der Waals surface area contributed by atoms with E-state index in [0.717, 1.165) is 11.1 Å². The summed E-state index contributed by atoms with van der Waals surface area (Å²) < 4.78 is 0. The molecule has 0 aromatic heterocycles. The fourth-order valence-electron chi connectivity index (χ4n) is 2.57. The molecule has 4 rings (SSSR count). The highest BCUT2D eigenvalue weighted by atomic mass is 32.2. The van der Waals surface area contributed by atoms with Crippen molar-refractivity contribution in [2.75, 3.05) is 5.75 Å².